The van der Waals surface area contributed by atoms with E-state index in [0.29, 0.717) is 5.92 Å². The number of thioether (sulfide) groups is 1. The molecule has 4 heteroatoms. The van der Waals surface area contributed by atoms with Gasteiger partial charge < -0.3 is 11.1 Å². The van der Waals surface area contributed by atoms with Crippen LogP contribution in [0.1, 0.15) is 32.6 Å². The number of nitrogens with one attached hydrogen (secondary N) is 1. The summed E-state index contributed by atoms with van der Waals surface area (Å²) < 4.78 is 0. The van der Waals surface area contributed by atoms with E-state index in [-0.39, 0.29) is 5.91 Å². The molecule has 88 valence electrons. The number of carbonyl (C=O) groups excluding carboxylic acids is 1. The molecule has 1 aliphatic carbocycles. The summed E-state index contributed by atoms with van der Waals surface area (Å²) in [4.78, 5) is 11.6. The fourth-order valence-corrected chi connectivity index (χ4v) is 3.36. The minimum atomic E-state index is -0.422. The summed E-state index contributed by atoms with van der Waals surface area (Å²) in [6.07, 6.45) is 4.25. The Balaban J connectivity index is 2.57. The highest BCUT2D eigenvalue weighted by Crippen LogP contribution is 2.38. The maximum atomic E-state index is 11.6. The molecule has 3 nitrogen and oxygen atoms in total. The number of nitrogens with two attached hydrogens (primary N) is 1. The van der Waals surface area contributed by atoms with Gasteiger partial charge in [0.2, 0.25) is 5.91 Å². The van der Waals surface area contributed by atoms with Crippen LogP contribution in [0.5, 0.6) is 0 Å². The van der Waals surface area contributed by atoms with Gasteiger partial charge in [0.05, 0.1) is 0 Å². The Kier molecular flexibility index (Phi) is 4.93. The molecule has 1 amide bonds. The standard InChI is InChI=1S/C11H22N2OS/c1-3-15-8-6-9-5-4-7-11(9,13-2)10(12)14/h9,13H,3-8H2,1-2H3,(H2,12,14). The third-order valence-corrected chi connectivity index (χ3v) is 4.45. The van der Waals surface area contributed by atoms with E-state index < -0.39 is 5.54 Å². The molecule has 1 rings (SSSR count). The minimum Gasteiger partial charge on any atom is -0.368 e. The first-order chi connectivity index (χ1) is 7.17. The maximum absolute atomic E-state index is 11.6. The molecule has 0 heterocycles. The van der Waals surface area contributed by atoms with E-state index in [0.717, 1.165) is 37.2 Å². The van der Waals surface area contributed by atoms with Crippen LogP contribution in [0, 0.1) is 5.92 Å². The third-order valence-electron chi connectivity index (χ3n) is 3.52. The van der Waals surface area contributed by atoms with Crippen molar-refractivity contribution >= 4 is 17.7 Å². The van der Waals surface area contributed by atoms with E-state index in [4.69, 9.17) is 5.73 Å². The van der Waals surface area contributed by atoms with E-state index in [1.54, 1.807) is 0 Å². The van der Waals surface area contributed by atoms with Crippen molar-refractivity contribution < 1.29 is 4.79 Å². The molecule has 3 N–H and O–H groups in total. The monoisotopic (exact) mass is 230 g/mol. The fraction of sp³-hybridized carbons (Fsp3) is 0.909. The van der Waals surface area contributed by atoms with E-state index in [2.05, 4.69) is 12.2 Å². The van der Waals surface area contributed by atoms with E-state index >= 15 is 0 Å². The van der Waals surface area contributed by atoms with Crippen molar-refractivity contribution in [2.45, 2.75) is 38.1 Å². The topological polar surface area (TPSA) is 55.1 Å². The average Bonchev–Trinajstić information content (AvgIpc) is 2.62. The second kappa shape index (κ2) is 5.75. The molecule has 0 aromatic rings. The van der Waals surface area contributed by atoms with Crippen LogP contribution >= 0.6 is 11.8 Å². The van der Waals surface area contributed by atoms with E-state index in [9.17, 15) is 4.79 Å². The van der Waals surface area contributed by atoms with Crippen LogP contribution in [0.25, 0.3) is 0 Å². The Hall–Kier alpha value is -0.220. The predicted molar refractivity (Wildman–Crippen MR) is 65.9 cm³/mol. The lowest BCUT2D eigenvalue weighted by molar-refractivity contribution is -0.125. The molecule has 0 aromatic carbocycles. The summed E-state index contributed by atoms with van der Waals surface area (Å²) in [5.74, 6) is 2.54. The second-order valence-electron chi connectivity index (χ2n) is 4.16. The van der Waals surface area contributed by atoms with Gasteiger partial charge in [-0.3, -0.25) is 4.79 Å². The number of carbonyl (C=O) groups is 1. The fourth-order valence-electron chi connectivity index (χ4n) is 2.62. The number of likely N-dealkylation sites (N-methyl/N-ethyl adjacent to an activating group) is 1. The normalized spacial score (nSPS) is 30.7. The zero-order valence-electron chi connectivity index (χ0n) is 9.71. The van der Waals surface area contributed by atoms with Crippen molar-refractivity contribution in [3.05, 3.63) is 0 Å². The van der Waals surface area contributed by atoms with Gasteiger partial charge in [0.25, 0.3) is 0 Å². The lowest BCUT2D eigenvalue weighted by atomic mass is 9.84. The first-order valence-corrected chi connectivity index (χ1v) is 6.89. The largest absolute Gasteiger partial charge is 0.368 e. The molecule has 0 bridgehead atoms. The molecule has 2 atom stereocenters. The molecule has 0 radical (unpaired) electrons. The Morgan fingerprint density at radius 1 is 1.67 bits per heavy atom. The second-order valence-corrected chi connectivity index (χ2v) is 5.55. The number of primary amides is 1. The lowest BCUT2D eigenvalue weighted by Gasteiger charge is -2.32. The Bertz CT molecular complexity index is 223. The first-order valence-electron chi connectivity index (χ1n) is 5.74. The van der Waals surface area contributed by atoms with Crippen molar-refractivity contribution in [1.29, 1.82) is 0 Å². The number of rotatable bonds is 6. The molecule has 0 aromatic heterocycles. The predicted octanol–water partition coefficient (Wildman–Crippen LogP) is 1.37. The SMILES string of the molecule is CCSCCC1CCCC1(NC)C(N)=O. The summed E-state index contributed by atoms with van der Waals surface area (Å²) in [7, 11) is 1.86. The highest BCUT2D eigenvalue weighted by molar-refractivity contribution is 7.99. The Labute approximate surface area is 96.6 Å². The van der Waals surface area contributed by atoms with Crippen LogP contribution in [0.15, 0.2) is 0 Å². The van der Waals surface area contributed by atoms with E-state index in [1.165, 1.54) is 0 Å². The summed E-state index contributed by atoms with van der Waals surface area (Å²) >= 11 is 1.94. The van der Waals surface area contributed by atoms with Gasteiger partial charge in [-0.1, -0.05) is 13.3 Å². The van der Waals surface area contributed by atoms with Gasteiger partial charge in [-0.05, 0) is 43.7 Å². The van der Waals surface area contributed by atoms with Gasteiger partial charge in [-0.15, -0.1) is 0 Å². The van der Waals surface area contributed by atoms with Crippen LogP contribution < -0.4 is 11.1 Å². The number of hydrogen-bond donors (Lipinski definition) is 2. The molecule has 0 aliphatic heterocycles. The third kappa shape index (κ3) is 2.67. The van der Waals surface area contributed by atoms with Crippen LogP contribution in [-0.2, 0) is 4.79 Å². The van der Waals surface area contributed by atoms with Crippen molar-refractivity contribution in [3.63, 3.8) is 0 Å². The zero-order valence-corrected chi connectivity index (χ0v) is 10.5. The quantitative estimate of drug-likeness (QED) is 0.678. The smallest absolute Gasteiger partial charge is 0.238 e. The van der Waals surface area contributed by atoms with Crippen LogP contribution in [-0.4, -0.2) is 30.0 Å². The summed E-state index contributed by atoms with van der Waals surface area (Å²) in [6, 6.07) is 0. The first kappa shape index (κ1) is 12.8. The van der Waals surface area contributed by atoms with Crippen LogP contribution in [0.3, 0.4) is 0 Å². The van der Waals surface area contributed by atoms with Crippen molar-refractivity contribution in [2.75, 3.05) is 18.6 Å². The molecular formula is C11H22N2OS. The number of hydrogen-bond acceptors (Lipinski definition) is 3. The highest BCUT2D eigenvalue weighted by Gasteiger charge is 2.45. The highest BCUT2D eigenvalue weighted by atomic mass is 32.2. The van der Waals surface area contributed by atoms with Crippen LogP contribution in [0.4, 0.5) is 0 Å². The lowest BCUT2D eigenvalue weighted by Crippen LogP contribution is -2.56. The summed E-state index contributed by atoms with van der Waals surface area (Å²) in [5, 5.41) is 3.17. The molecular weight excluding hydrogens is 208 g/mol. The molecule has 1 fully saturated rings. The van der Waals surface area contributed by atoms with Crippen molar-refractivity contribution in [3.8, 4) is 0 Å². The van der Waals surface area contributed by atoms with Crippen molar-refractivity contribution in [2.24, 2.45) is 11.7 Å². The Morgan fingerprint density at radius 3 is 2.93 bits per heavy atom. The van der Waals surface area contributed by atoms with Crippen LogP contribution in [0.2, 0.25) is 0 Å². The average molecular weight is 230 g/mol. The van der Waals surface area contributed by atoms with Gasteiger partial charge in [-0.25, -0.2) is 0 Å². The van der Waals surface area contributed by atoms with Gasteiger partial charge in [-0.2, -0.15) is 11.8 Å². The molecule has 1 aliphatic rings. The molecule has 0 spiro atoms. The van der Waals surface area contributed by atoms with Gasteiger partial charge in [0.15, 0.2) is 0 Å². The molecule has 15 heavy (non-hydrogen) atoms. The zero-order chi connectivity index (χ0) is 11.3. The van der Waals surface area contributed by atoms with Gasteiger partial charge >= 0.3 is 0 Å². The summed E-state index contributed by atoms with van der Waals surface area (Å²) in [5.41, 5.74) is 5.11. The molecule has 1 saturated carbocycles. The van der Waals surface area contributed by atoms with Crippen molar-refractivity contribution in [1.82, 2.24) is 5.32 Å². The molecule has 0 saturated heterocycles. The molecule has 2 unspecified atom stereocenters. The summed E-state index contributed by atoms with van der Waals surface area (Å²) in [6.45, 7) is 2.17. The number of amides is 1. The Morgan fingerprint density at radius 2 is 2.40 bits per heavy atom. The van der Waals surface area contributed by atoms with Gasteiger partial charge in [0, 0.05) is 0 Å². The van der Waals surface area contributed by atoms with Gasteiger partial charge in [0.1, 0.15) is 5.54 Å². The van der Waals surface area contributed by atoms with E-state index in [1.807, 2.05) is 18.8 Å². The maximum Gasteiger partial charge on any atom is 0.238 e. The minimum absolute atomic E-state index is 0.172.